The minimum atomic E-state index is -0.237. The van der Waals surface area contributed by atoms with E-state index in [0.717, 1.165) is 19.3 Å². The second-order valence-electron chi connectivity index (χ2n) is 5.63. The summed E-state index contributed by atoms with van der Waals surface area (Å²) in [6, 6.07) is 0. The lowest BCUT2D eigenvalue weighted by Gasteiger charge is -2.25. The summed E-state index contributed by atoms with van der Waals surface area (Å²) in [7, 11) is 0. The summed E-state index contributed by atoms with van der Waals surface area (Å²) in [6.45, 7) is 6.14. The molecule has 1 fully saturated rings. The molecule has 96 valence electrons. The van der Waals surface area contributed by atoms with Gasteiger partial charge in [0, 0.05) is 10.7 Å². The van der Waals surface area contributed by atoms with E-state index in [-0.39, 0.29) is 16.8 Å². The minimum absolute atomic E-state index is 0.114. The molecule has 0 aliphatic heterocycles. The summed E-state index contributed by atoms with van der Waals surface area (Å²) in [5.41, 5.74) is -0.114. The van der Waals surface area contributed by atoms with Crippen molar-refractivity contribution in [2.45, 2.75) is 68.4 Å². The van der Waals surface area contributed by atoms with Gasteiger partial charge in [0.1, 0.15) is 0 Å². The van der Waals surface area contributed by atoms with Crippen molar-refractivity contribution in [3.05, 3.63) is 5.89 Å². The number of aromatic nitrogens is 2. The lowest BCUT2D eigenvalue weighted by molar-refractivity contribution is 0.136. The summed E-state index contributed by atoms with van der Waals surface area (Å²) < 4.78 is 5.63. The molecule has 1 N–H and O–H groups in total. The molecule has 1 aromatic heterocycles. The van der Waals surface area contributed by atoms with Crippen LogP contribution >= 0.6 is 11.8 Å². The lowest BCUT2D eigenvalue weighted by atomic mass is 9.97. The van der Waals surface area contributed by atoms with Crippen LogP contribution in [0.3, 0.4) is 0 Å². The van der Waals surface area contributed by atoms with Crippen molar-refractivity contribution < 1.29 is 9.52 Å². The van der Waals surface area contributed by atoms with Crippen LogP contribution in [-0.2, 0) is 5.41 Å². The second-order valence-corrected chi connectivity index (χ2v) is 6.82. The molecule has 4 nitrogen and oxygen atoms in total. The normalized spacial score (nSPS) is 26.1. The third kappa shape index (κ3) is 3.22. The fourth-order valence-corrected chi connectivity index (χ4v) is 2.96. The van der Waals surface area contributed by atoms with Gasteiger partial charge >= 0.3 is 0 Å². The van der Waals surface area contributed by atoms with Gasteiger partial charge in [-0.2, -0.15) is 0 Å². The summed E-state index contributed by atoms with van der Waals surface area (Å²) in [5, 5.41) is 18.8. The summed E-state index contributed by atoms with van der Waals surface area (Å²) in [4.78, 5) is 0. The molecule has 1 aromatic rings. The average molecular weight is 256 g/mol. The molecule has 1 saturated carbocycles. The quantitative estimate of drug-likeness (QED) is 0.881. The monoisotopic (exact) mass is 256 g/mol. The van der Waals surface area contributed by atoms with E-state index in [1.165, 1.54) is 18.2 Å². The summed E-state index contributed by atoms with van der Waals surface area (Å²) in [5.74, 6) is 0.658. The maximum absolute atomic E-state index is 9.89. The fourth-order valence-electron chi connectivity index (χ4n) is 1.90. The predicted octanol–water partition coefficient (Wildman–Crippen LogP) is 2.76. The molecule has 1 aliphatic carbocycles. The van der Waals surface area contributed by atoms with Crippen LogP contribution in [0.25, 0.3) is 0 Å². The van der Waals surface area contributed by atoms with E-state index >= 15 is 0 Å². The molecule has 1 heterocycles. The molecule has 0 radical (unpaired) electrons. The molecular weight excluding hydrogens is 236 g/mol. The van der Waals surface area contributed by atoms with E-state index in [1.54, 1.807) is 0 Å². The smallest absolute Gasteiger partial charge is 0.276 e. The second kappa shape index (κ2) is 4.98. The zero-order valence-corrected chi connectivity index (χ0v) is 11.5. The lowest BCUT2D eigenvalue weighted by Crippen LogP contribution is -2.26. The Balaban J connectivity index is 2.01. The van der Waals surface area contributed by atoms with Gasteiger partial charge in [-0.15, -0.1) is 10.2 Å². The highest BCUT2D eigenvalue weighted by Gasteiger charge is 2.27. The van der Waals surface area contributed by atoms with Gasteiger partial charge < -0.3 is 9.52 Å². The Hall–Kier alpha value is -0.550. The third-order valence-corrected chi connectivity index (χ3v) is 4.19. The van der Waals surface area contributed by atoms with Gasteiger partial charge in [-0.1, -0.05) is 45.4 Å². The molecule has 17 heavy (non-hydrogen) atoms. The Bertz CT molecular complexity index is 373. The number of hydrogen-bond donors (Lipinski definition) is 1. The van der Waals surface area contributed by atoms with E-state index < -0.39 is 0 Å². The van der Waals surface area contributed by atoms with E-state index in [4.69, 9.17) is 4.42 Å². The summed E-state index contributed by atoms with van der Waals surface area (Å²) in [6.07, 6.45) is 3.97. The van der Waals surface area contributed by atoms with Crippen molar-refractivity contribution in [3.8, 4) is 0 Å². The first kappa shape index (κ1) is 12.9. The number of hydrogen-bond acceptors (Lipinski definition) is 5. The first-order valence-electron chi connectivity index (χ1n) is 6.15. The van der Waals surface area contributed by atoms with Crippen LogP contribution in [0.15, 0.2) is 9.64 Å². The zero-order valence-electron chi connectivity index (χ0n) is 10.6. The Morgan fingerprint density at radius 1 is 1.24 bits per heavy atom. The van der Waals surface area contributed by atoms with E-state index in [2.05, 4.69) is 10.2 Å². The van der Waals surface area contributed by atoms with Gasteiger partial charge in [-0.3, -0.25) is 0 Å². The van der Waals surface area contributed by atoms with Crippen LogP contribution in [0.5, 0.6) is 0 Å². The molecule has 0 amide bonds. The van der Waals surface area contributed by atoms with Crippen LogP contribution in [0.1, 0.15) is 52.3 Å². The van der Waals surface area contributed by atoms with Crippen molar-refractivity contribution >= 4 is 11.8 Å². The third-order valence-electron chi connectivity index (χ3n) is 2.97. The largest absolute Gasteiger partial charge is 0.415 e. The fraction of sp³-hybridized carbons (Fsp3) is 0.833. The topological polar surface area (TPSA) is 59.2 Å². The molecule has 2 unspecified atom stereocenters. The molecule has 0 bridgehead atoms. The van der Waals surface area contributed by atoms with Gasteiger partial charge in [0.15, 0.2) is 0 Å². The van der Waals surface area contributed by atoms with Crippen LogP contribution in [0.4, 0.5) is 0 Å². The number of rotatable bonds is 2. The highest BCUT2D eigenvalue weighted by molar-refractivity contribution is 7.99. The highest BCUT2D eigenvalue weighted by Crippen LogP contribution is 2.34. The van der Waals surface area contributed by atoms with Crippen molar-refractivity contribution in [2.75, 3.05) is 0 Å². The number of aliphatic hydroxyl groups is 1. The first-order chi connectivity index (χ1) is 7.97. The number of aliphatic hydroxyl groups excluding tert-OH is 1. The summed E-state index contributed by atoms with van der Waals surface area (Å²) >= 11 is 1.52. The van der Waals surface area contributed by atoms with Crippen molar-refractivity contribution in [1.29, 1.82) is 0 Å². The number of thioether (sulfide) groups is 1. The van der Waals surface area contributed by atoms with Gasteiger partial charge in [-0.25, -0.2) is 0 Å². The zero-order chi connectivity index (χ0) is 12.5. The first-order valence-corrected chi connectivity index (χ1v) is 7.03. The highest BCUT2D eigenvalue weighted by atomic mass is 32.2. The van der Waals surface area contributed by atoms with Crippen molar-refractivity contribution in [3.63, 3.8) is 0 Å². The molecule has 0 saturated heterocycles. The number of nitrogens with zero attached hydrogens (tertiary/aromatic N) is 2. The van der Waals surface area contributed by atoms with E-state index in [0.29, 0.717) is 11.1 Å². The Morgan fingerprint density at radius 3 is 2.53 bits per heavy atom. The maximum atomic E-state index is 9.89. The SMILES string of the molecule is CC(C)(C)c1nnc(SC2CCCCC2O)o1. The standard InChI is InChI=1S/C12H20N2O2S/c1-12(2,3)10-13-14-11(16-10)17-9-7-5-4-6-8(9)15/h8-9,15H,4-7H2,1-3H3. The van der Waals surface area contributed by atoms with Crippen molar-refractivity contribution in [2.24, 2.45) is 0 Å². The van der Waals surface area contributed by atoms with Gasteiger partial charge in [0.05, 0.1) is 6.10 Å². The van der Waals surface area contributed by atoms with Gasteiger partial charge in [0.2, 0.25) is 5.89 Å². The molecule has 1 aliphatic rings. The molecule has 0 spiro atoms. The molecule has 5 heteroatoms. The Morgan fingerprint density at radius 2 is 1.94 bits per heavy atom. The average Bonchev–Trinajstić information content (AvgIpc) is 2.69. The van der Waals surface area contributed by atoms with Crippen LogP contribution < -0.4 is 0 Å². The predicted molar refractivity (Wildman–Crippen MR) is 67.1 cm³/mol. The molecule has 2 atom stereocenters. The molecule has 2 rings (SSSR count). The van der Waals surface area contributed by atoms with E-state index in [9.17, 15) is 5.11 Å². The molecular formula is C12H20N2O2S. The maximum Gasteiger partial charge on any atom is 0.276 e. The van der Waals surface area contributed by atoms with Gasteiger partial charge in [-0.05, 0) is 12.8 Å². The minimum Gasteiger partial charge on any atom is -0.415 e. The van der Waals surface area contributed by atoms with E-state index in [1.807, 2.05) is 20.8 Å². The van der Waals surface area contributed by atoms with Gasteiger partial charge in [0.25, 0.3) is 5.22 Å². The van der Waals surface area contributed by atoms with Crippen LogP contribution in [-0.4, -0.2) is 26.7 Å². The Labute approximate surface area is 106 Å². The molecule has 0 aromatic carbocycles. The van der Waals surface area contributed by atoms with Crippen LogP contribution in [0.2, 0.25) is 0 Å². The van der Waals surface area contributed by atoms with Crippen LogP contribution in [0, 0.1) is 0 Å². The Kier molecular flexibility index (Phi) is 3.78. The van der Waals surface area contributed by atoms with Crippen molar-refractivity contribution in [1.82, 2.24) is 10.2 Å².